The minimum Gasteiger partial charge on any atom is -0.504 e. The SMILES string of the molecule is CC(O)CNC1CC2(CC3C4CCNCC4CC4C=CCNC43)CC3CCC2C12CCC(CCNC(N)=NCSSCC1=C(CCc4cccc(CCc5ccccc5)c4)C(=CNC1N)Cc1cc(O)c(OCO)cc1C(CO)=CC(=O)CC(=O)C3)C2. The van der Waals surface area contributed by atoms with Gasteiger partial charge in [0.2, 0.25) is 0 Å². The average Bonchev–Trinajstić information content (AvgIpc) is 1.62. The predicted octanol–water partition coefficient (Wildman–Crippen LogP) is 8.40. The molecule has 1 spiro atoms. The summed E-state index contributed by atoms with van der Waals surface area (Å²) < 4.78 is 5.51. The van der Waals surface area contributed by atoms with Gasteiger partial charge in [0, 0.05) is 50.1 Å². The molecule has 5 heterocycles. The normalized spacial score (nSPS) is 32.0. The second-order valence-electron chi connectivity index (χ2n) is 27.0. The number of benzene rings is 3. The molecule has 13 unspecified atom stereocenters. The Balaban J connectivity index is 0.903. The maximum absolute atomic E-state index is 14.6. The summed E-state index contributed by atoms with van der Waals surface area (Å²) in [5.74, 6) is 4.18. The molecule has 4 saturated carbocycles. The molecule has 9 aliphatic rings. The Hall–Kier alpha value is -4.95. The minimum atomic E-state index is -0.697. The van der Waals surface area contributed by atoms with Crippen molar-refractivity contribution in [2.45, 2.75) is 147 Å². The third-order valence-electron chi connectivity index (χ3n) is 21.6. The van der Waals surface area contributed by atoms with Crippen molar-refractivity contribution in [3.8, 4) is 11.5 Å². The number of piperidine rings is 1. The Morgan fingerprint density at radius 3 is 2.53 bits per heavy atom. The number of carbonyl (C=O) groups is 2. The van der Waals surface area contributed by atoms with Gasteiger partial charge < -0.3 is 63.2 Å². The number of aryl methyl sites for hydroxylation is 3. The molecule has 17 heteroatoms. The molecule has 12 rings (SSSR count). The molecule has 3 aromatic rings. The van der Waals surface area contributed by atoms with Crippen LogP contribution in [0.1, 0.15) is 125 Å². The van der Waals surface area contributed by atoms with Crippen LogP contribution in [0, 0.1) is 52.3 Å². The Morgan fingerprint density at radius 1 is 0.897 bits per heavy atom. The fourth-order valence-electron chi connectivity index (χ4n) is 18.0. The Bertz CT molecular complexity index is 3040. The maximum atomic E-state index is 14.6. The predicted molar refractivity (Wildman–Crippen MR) is 351 cm³/mol. The maximum Gasteiger partial charge on any atom is 0.189 e. The molecule has 1 saturated heterocycles. The summed E-state index contributed by atoms with van der Waals surface area (Å²) in [6, 6.07) is 23.1. The van der Waals surface area contributed by atoms with Crippen molar-refractivity contribution >= 4 is 44.7 Å². The number of nitrogens with two attached hydrogens (primary N) is 2. The van der Waals surface area contributed by atoms with Crippen molar-refractivity contribution in [2.75, 3.05) is 57.8 Å². The Morgan fingerprint density at radius 2 is 1.71 bits per heavy atom. The van der Waals surface area contributed by atoms with Crippen LogP contribution in [0.3, 0.4) is 0 Å². The molecule has 3 aromatic carbocycles. The highest BCUT2D eigenvalue weighted by atomic mass is 33.1. The average molecular weight is 1230 g/mol. The number of phenolic OH excluding ortho intramolecular Hbond substituents is 1. The van der Waals surface area contributed by atoms with Gasteiger partial charge in [0.25, 0.3) is 0 Å². The lowest BCUT2D eigenvalue weighted by atomic mass is 9.52. The fraction of sp³-hybridized carbons (Fsp3) is 0.586. The van der Waals surface area contributed by atoms with E-state index in [-0.39, 0.29) is 52.1 Å². The minimum absolute atomic E-state index is 0.00298. The van der Waals surface area contributed by atoms with Crippen LogP contribution in [0.25, 0.3) is 5.57 Å². The number of nitrogens with zero attached hydrogens (tertiary/aromatic N) is 1. The topological polar surface area (TPSA) is 249 Å². The van der Waals surface area contributed by atoms with Crippen molar-refractivity contribution in [1.82, 2.24) is 26.6 Å². The van der Waals surface area contributed by atoms with Gasteiger partial charge in [-0.05, 0) is 243 Å². The van der Waals surface area contributed by atoms with Gasteiger partial charge in [-0.25, -0.2) is 4.99 Å². The molecule has 5 fully saturated rings. The van der Waals surface area contributed by atoms with E-state index in [1.54, 1.807) is 33.7 Å². The fourth-order valence-corrected chi connectivity index (χ4v) is 19.8. The number of fused-ring (bicyclic) bond motifs is 14. The number of nitrogens with one attached hydrogen (secondary N) is 5. The summed E-state index contributed by atoms with van der Waals surface area (Å²) in [5, 5.41) is 62.2. The van der Waals surface area contributed by atoms with E-state index in [0.29, 0.717) is 96.1 Å². The number of dihydropyridines is 1. The smallest absolute Gasteiger partial charge is 0.189 e. The summed E-state index contributed by atoms with van der Waals surface area (Å²) in [6.45, 7) is 4.97. The van der Waals surface area contributed by atoms with E-state index in [1.165, 1.54) is 35.6 Å². The van der Waals surface area contributed by atoms with E-state index >= 15 is 0 Å². The molecule has 0 radical (unpaired) electrons. The van der Waals surface area contributed by atoms with Gasteiger partial charge in [-0.1, -0.05) is 88.3 Å². The van der Waals surface area contributed by atoms with Gasteiger partial charge in [-0.3, -0.25) is 9.59 Å². The lowest BCUT2D eigenvalue weighted by molar-refractivity contribution is -0.126. The standard InChI is InChI=1S/C70H96N8O7S2/c1-44(81)37-76-65-36-69(35-60-58-20-23-73-38-52(58)27-50-11-6-22-74-66(50)60)33-49-15-17-64(69)70(65)21-18-48(34-70)19-24-75-68(72)78-42-87-86-41-61-57(16-14-47-10-5-9-46(25-47)13-12-45-7-3-2-4-8-45)53(39-77-67(61)71)28-51-30-62(84)63(85-43-80)32-59(51)54(40-79)29-56(83)31-55(82)26-49/h2-11,25,29-30,32,39,44,48-50,52,58,60,64-67,73-74,76-77,79-81,84H,12-24,26-28,31,33-38,40-43,71H2,1H3,(H3,72,75,78). The Kier molecular flexibility index (Phi) is 21.5. The number of hydrogen-bond acceptors (Lipinski definition) is 17. The van der Waals surface area contributed by atoms with Gasteiger partial charge in [0.05, 0.1) is 31.2 Å². The number of guanidine groups is 1. The molecular formula is C70H96N8O7S2. The second-order valence-corrected chi connectivity index (χ2v) is 29.4. The summed E-state index contributed by atoms with van der Waals surface area (Å²) in [4.78, 5) is 33.8. The van der Waals surface area contributed by atoms with E-state index in [1.807, 2.05) is 19.2 Å². The largest absolute Gasteiger partial charge is 0.504 e. The zero-order valence-electron chi connectivity index (χ0n) is 51.0. The van der Waals surface area contributed by atoms with E-state index in [0.717, 1.165) is 120 Å². The number of rotatable bonds is 14. The third-order valence-corrected chi connectivity index (χ3v) is 23.6. The summed E-state index contributed by atoms with van der Waals surface area (Å²) in [6.07, 6.45) is 22.7. The zero-order valence-corrected chi connectivity index (χ0v) is 52.7. The van der Waals surface area contributed by atoms with Crippen molar-refractivity contribution < 1.29 is 34.8 Å². The molecule has 7 bridgehead atoms. The third kappa shape index (κ3) is 15.1. The molecular weight excluding hydrogens is 1130 g/mol. The van der Waals surface area contributed by atoms with Crippen LogP contribution < -0.4 is 42.8 Å². The van der Waals surface area contributed by atoms with Gasteiger partial charge in [0.1, 0.15) is 5.78 Å². The number of hydrogen-bond donors (Lipinski definition) is 11. The number of aliphatic hydroxyl groups is 3. The number of aromatic hydroxyl groups is 1. The first-order chi connectivity index (χ1) is 42.3. The van der Waals surface area contributed by atoms with E-state index in [4.69, 9.17) is 21.2 Å². The highest BCUT2D eigenvalue weighted by Crippen LogP contribution is 2.70. The van der Waals surface area contributed by atoms with Gasteiger partial charge in [0.15, 0.2) is 30.0 Å². The van der Waals surface area contributed by atoms with Crippen LogP contribution in [0.15, 0.2) is 113 Å². The number of aliphatic hydroxyl groups excluding tert-OH is 3. The lowest BCUT2D eigenvalue weighted by Crippen LogP contribution is -2.57. The summed E-state index contributed by atoms with van der Waals surface area (Å²) >= 11 is 0. The summed E-state index contributed by atoms with van der Waals surface area (Å²) in [5.41, 5.74) is 21.8. The first kappa shape index (κ1) is 63.6. The molecule has 0 amide bonds. The molecule has 87 heavy (non-hydrogen) atoms. The number of ketones is 2. The van der Waals surface area contributed by atoms with Gasteiger partial charge >= 0.3 is 0 Å². The monoisotopic (exact) mass is 1220 g/mol. The van der Waals surface area contributed by atoms with E-state index in [2.05, 4.69) is 87.3 Å². The highest BCUT2D eigenvalue weighted by molar-refractivity contribution is 8.76. The number of allylic oxidation sites excluding steroid dienone is 3. The van der Waals surface area contributed by atoms with Crippen molar-refractivity contribution in [1.29, 1.82) is 0 Å². The highest BCUT2D eigenvalue weighted by Gasteiger charge is 2.65. The van der Waals surface area contributed by atoms with Crippen LogP contribution in [0.5, 0.6) is 11.5 Å². The van der Waals surface area contributed by atoms with Gasteiger partial charge in [-0.15, -0.1) is 0 Å². The van der Waals surface area contributed by atoms with Crippen LogP contribution >= 0.6 is 21.6 Å². The van der Waals surface area contributed by atoms with E-state index in [9.17, 15) is 30.0 Å². The lowest BCUT2D eigenvalue weighted by Gasteiger charge is -2.55. The molecule has 13 atom stereocenters. The molecule has 13 N–H and O–H groups in total. The van der Waals surface area contributed by atoms with Crippen molar-refractivity contribution in [3.05, 3.63) is 136 Å². The molecule has 470 valence electrons. The molecule has 4 aliphatic carbocycles. The first-order valence-electron chi connectivity index (χ1n) is 32.6. The van der Waals surface area contributed by atoms with Crippen LogP contribution in [0.2, 0.25) is 0 Å². The molecule has 15 nitrogen and oxygen atoms in total. The number of ether oxygens (including phenoxy) is 1. The number of aliphatic imine (C=N–C) groups is 1. The van der Waals surface area contributed by atoms with Gasteiger partial charge in [-0.2, -0.15) is 0 Å². The number of Topliss-reactive ketones (excluding diaryl/α,β-unsaturated/α-hetero) is 1. The molecule has 0 aromatic heterocycles. The molecule has 5 aliphatic heterocycles. The zero-order chi connectivity index (χ0) is 60.5. The number of carbonyl (C=O) groups excluding carboxylic acids is 2. The number of phenols is 1. The first-order valence-corrected chi connectivity index (χ1v) is 35.1. The quantitative estimate of drug-likeness (QED) is 0.0314. The van der Waals surface area contributed by atoms with E-state index < -0.39 is 31.5 Å². The summed E-state index contributed by atoms with van der Waals surface area (Å²) in [7, 11) is 3.30. The Labute approximate surface area is 523 Å². The van der Waals surface area contributed by atoms with Crippen LogP contribution in [-0.2, 0) is 35.3 Å². The van der Waals surface area contributed by atoms with Crippen molar-refractivity contribution in [3.63, 3.8) is 0 Å². The second kappa shape index (κ2) is 29.3. The van der Waals surface area contributed by atoms with Crippen LogP contribution in [0.4, 0.5) is 0 Å². The van der Waals surface area contributed by atoms with Crippen LogP contribution in [-0.4, -0.2) is 120 Å². The van der Waals surface area contributed by atoms with Crippen molar-refractivity contribution in [2.24, 2.45) is 68.7 Å².